The van der Waals surface area contributed by atoms with Gasteiger partial charge in [0.2, 0.25) is 5.91 Å². The van der Waals surface area contributed by atoms with E-state index in [1.165, 1.54) is 6.07 Å². The maximum Gasteiger partial charge on any atom is 0.337 e. The van der Waals surface area contributed by atoms with Crippen molar-refractivity contribution in [2.45, 2.75) is 18.9 Å². The summed E-state index contributed by atoms with van der Waals surface area (Å²) in [7, 11) is 3.43. The molecule has 0 unspecified atom stereocenters. The number of carboxylic acids is 2. The third kappa shape index (κ3) is 4.74. The number of amides is 1. The van der Waals surface area contributed by atoms with Crippen LogP contribution in [-0.2, 0) is 9.59 Å². The van der Waals surface area contributed by atoms with Gasteiger partial charge >= 0.3 is 11.9 Å². The molecule has 1 atom stereocenters. The summed E-state index contributed by atoms with van der Waals surface area (Å²) in [4.78, 5) is 35.2. The summed E-state index contributed by atoms with van der Waals surface area (Å²) in [6.45, 7) is 0. The molecule has 8 nitrogen and oxygen atoms in total. The van der Waals surface area contributed by atoms with Gasteiger partial charge in [-0.25, -0.2) is 4.79 Å². The van der Waals surface area contributed by atoms with Gasteiger partial charge in [-0.3, -0.25) is 9.59 Å². The standard InChI is InChI=1S/C14H19N3O5/c1-17(2)11-5-3-8(7-9(11)13(19)20)16-12(18)6-4-10(15)14(21)22/h3,5,7,10H,4,6,15H2,1-2H3,(H,16,18)(H,19,20)(H,21,22)/t10-/m0/s1. The molecule has 0 heterocycles. The summed E-state index contributed by atoms with van der Waals surface area (Å²) in [5.41, 5.74) is 6.22. The first kappa shape index (κ1) is 17.4. The van der Waals surface area contributed by atoms with Gasteiger partial charge in [0, 0.05) is 26.2 Å². The Bertz CT molecular complexity index is 586. The number of aliphatic carboxylic acids is 1. The maximum absolute atomic E-state index is 11.7. The van der Waals surface area contributed by atoms with Gasteiger partial charge in [-0.15, -0.1) is 0 Å². The molecule has 0 saturated heterocycles. The van der Waals surface area contributed by atoms with Gasteiger partial charge in [0.05, 0.1) is 11.3 Å². The van der Waals surface area contributed by atoms with Crippen LogP contribution in [0.1, 0.15) is 23.2 Å². The molecule has 0 aromatic heterocycles. The lowest BCUT2D eigenvalue weighted by Gasteiger charge is -2.16. The zero-order valence-electron chi connectivity index (χ0n) is 12.4. The predicted octanol–water partition coefficient (Wildman–Crippen LogP) is 0.581. The highest BCUT2D eigenvalue weighted by Gasteiger charge is 2.15. The summed E-state index contributed by atoms with van der Waals surface area (Å²) in [5.74, 6) is -2.70. The van der Waals surface area contributed by atoms with Crippen molar-refractivity contribution < 1.29 is 24.6 Å². The van der Waals surface area contributed by atoms with E-state index in [1.54, 1.807) is 31.1 Å². The minimum Gasteiger partial charge on any atom is -0.480 e. The van der Waals surface area contributed by atoms with Crippen LogP contribution < -0.4 is 16.0 Å². The molecule has 0 bridgehead atoms. The van der Waals surface area contributed by atoms with E-state index >= 15 is 0 Å². The van der Waals surface area contributed by atoms with Crippen LogP contribution in [0, 0.1) is 0 Å². The van der Waals surface area contributed by atoms with E-state index in [1.807, 2.05) is 0 Å². The summed E-state index contributed by atoms with van der Waals surface area (Å²) in [5, 5.41) is 20.4. The molecular formula is C14H19N3O5. The van der Waals surface area contributed by atoms with Crippen LogP contribution in [0.5, 0.6) is 0 Å². The fourth-order valence-corrected chi connectivity index (χ4v) is 1.81. The molecule has 0 aliphatic heterocycles. The maximum atomic E-state index is 11.7. The lowest BCUT2D eigenvalue weighted by atomic mass is 10.1. The number of aromatic carboxylic acids is 1. The Morgan fingerprint density at radius 2 is 1.91 bits per heavy atom. The summed E-state index contributed by atoms with van der Waals surface area (Å²) in [6.07, 6.45) is -0.0615. The predicted molar refractivity (Wildman–Crippen MR) is 81.2 cm³/mol. The number of nitrogens with zero attached hydrogens (tertiary/aromatic N) is 1. The summed E-state index contributed by atoms with van der Waals surface area (Å²) >= 11 is 0. The molecule has 0 aliphatic rings. The second-order valence-corrected chi connectivity index (χ2v) is 4.96. The number of hydrogen-bond acceptors (Lipinski definition) is 5. The lowest BCUT2D eigenvalue weighted by Crippen LogP contribution is -2.31. The SMILES string of the molecule is CN(C)c1ccc(NC(=O)CC[C@H](N)C(=O)O)cc1C(=O)O. The fourth-order valence-electron chi connectivity index (χ4n) is 1.81. The van der Waals surface area contributed by atoms with Crippen molar-refractivity contribution in [1.82, 2.24) is 0 Å². The highest BCUT2D eigenvalue weighted by atomic mass is 16.4. The number of carbonyl (C=O) groups is 3. The van der Waals surface area contributed by atoms with E-state index in [9.17, 15) is 19.5 Å². The Morgan fingerprint density at radius 3 is 2.41 bits per heavy atom. The van der Waals surface area contributed by atoms with Gasteiger partial charge in [0.15, 0.2) is 0 Å². The minimum atomic E-state index is -1.17. The number of hydrogen-bond donors (Lipinski definition) is 4. The van der Waals surface area contributed by atoms with Crippen molar-refractivity contribution in [3.8, 4) is 0 Å². The second kappa shape index (κ2) is 7.41. The van der Waals surface area contributed by atoms with Crippen molar-refractivity contribution in [1.29, 1.82) is 0 Å². The molecule has 5 N–H and O–H groups in total. The monoisotopic (exact) mass is 309 g/mol. The molecule has 120 valence electrons. The number of nitrogens with two attached hydrogens (primary N) is 1. The molecule has 22 heavy (non-hydrogen) atoms. The molecule has 0 fully saturated rings. The molecule has 0 aliphatic carbocycles. The van der Waals surface area contributed by atoms with Crippen LogP contribution in [0.4, 0.5) is 11.4 Å². The number of rotatable bonds is 7. The summed E-state index contributed by atoms with van der Waals surface area (Å²) in [6, 6.07) is 3.42. The van der Waals surface area contributed by atoms with Crippen LogP contribution in [0.15, 0.2) is 18.2 Å². The van der Waals surface area contributed by atoms with Crippen LogP contribution in [0.2, 0.25) is 0 Å². The van der Waals surface area contributed by atoms with Crippen LogP contribution in [0.25, 0.3) is 0 Å². The van der Waals surface area contributed by atoms with Crippen molar-refractivity contribution in [2.75, 3.05) is 24.3 Å². The van der Waals surface area contributed by atoms with Gasteiger partial charge in [0.1, 0.15) is 6.04 Å². The van der Waals surface area contributed by atoms with Gasteiger partial charge in [-0.2, -0.15) is 0 Å². The van der Waals surface area contributed by atoms with E-state index in [0.29, 0.717) is 11.4 Å². The van der Waals surface area contributed by atoms with E-state index in [0.717, 1.165) is 0 Å². The highest BCUT2D eigenvalue weighted by molar-refractivity contribution is 5.98. The molecule has 1 amide bonds. The molecular weight excluding hydrogens is 290 g/mol. The Hall–Kier alpha value is -2.61. The van der Waals surface area contributed by atoms with Crippen molar-refractivity contribution in [3.63, 3.8) is 0 Å². The molecule has 8 heteroatoms. The van der Waals surface area contributed by atoms with E-state index in [4.69, 9.17) is 10.8 Å². The van der Waals surface area contributed by atoms with E-state index in [-0.39, 0.29) is 18.4 Å². The topological polar surface area (TPSA) is 133 Å². The average molecular weight is 309 g/mol. The Kier molecular flexibility index (Phi) is 5.88. The number of carboxylic acid groups (broad SMARTS) is 2. The van der Waals surface area contributed by atoms with E-state index in [2.05, 4.69) is 5.32 Å². The lowest BCUT2D eigenvalue weighted by molar-refractivity contribution is -0.138. The van der Waals surface area contributed by atoms with Gasteiger partial charge in [-0.05, 0) is 24.6 Å². The Labute approximate surface area is 127 Å². The number of carbonyl (C=O) groups excluding carboxylic acids is 1. The summed E-state index contributed by atoms with van der Waals surface area (Å²) < 4.78 is 0. The average Bonchev–Trinajstić information content (AvgIpc) is 2.44. The van der Waals surface area contributed by atoms with Crippen molar-refractivity contribution in [2.24, 2.45) is 5.73 Å². The van der Waals surface area contributed by atoms with Crippen LogP contribution in [-0.4, -0.2) is 48.2 Å². The first-order valence-electron chi connectivity index (χ1n) is 6.55. The first-order valence-corrected chi connectivity index (χ1v) is 6.55. The highest BCUT2D eigenvalue weighted by Crippen LogP contribution is 2.23. The molecule has 1 aromatic carbocycles. The van der Waals surface area contributed by atoms with Gasteiger partial charge in [-0.1, -0.05) is 0 Å². The number of anilines is 2. The Balaban J connectivity index is 2.78. The molecule has 0 radical (unpaired) electrons. The zero-order valence-corrected chi connectivity index (χ0v) is 12.4. The van der Waals surface area contributed by atoms with E-state index < -0.39 is 23.9 Å². The normalized spacial score (nSPS) is 11.6. The smallest absolute Gasteiger partial charge is 0.337 e. The third-order valence-electron chi connectivity index (χ3n) is 2.99. The largest absolute Gasteiger partial charge is 0.480 e. The van der Waals surface area contributed by atoms with Crippen molar-refractivity contribution >= 4 is 29.2 Å². The zero-order chi connectivity index (χ0) is 16.9. The van der Waals surface area contributed by atoms with Gasteiger partial charge in [0.25, 0.3) is 0 Å². The number of benzene rings is 1. The van der Waals surface area contributed by atoms with Crippen LogP contribution >= 0.6 is 0 Å². The first-order chi connectivity index (χ1) is 10.2. The quantitative estimate of drug-likeness (QED) is 0.579. The third-order valence-corrected chi connectivity index (χ3v) is 2.99. The minimum absolute atomic E-state index is 0.00271. The molecule has 1 aromatic rings. The fraction of sp³-hybridized carbons (Fsp3) is 0.357. The molecule has 1 rings (SSSR count). The second-order valence-electron chi connectivity index (χ2n) is 4.96. The molecule has 0 saturated carbocycles. The Morgan fingerprint density at radius 1 is 1.27 bits per heavy atom. The van der Waals surface area contributed by atoms with Gasteiger partial charge < -0.3 is 26.2 Å². The van der Waals surface area contributed by atoms with Crippen LogP contribution in [0.3, 0.4) is 0 Å². The molecule has 0 spiro atoms. The number of nitrogens with one attached hydrogen (secondary N) is 1. The van der Waals surface area contributed by atoms with Crippen molar-refractivity contribution in [3.05, 3.63) is 23.8 Å².